The van der Waals surface area contributed by atoms with Gasteiger partial charge >= 0.3 is 0 Å². The van der Waals surface area contributed by atoms with Crippen LogP contribution in [0.5, 0.6) is 0 Å². The summed E-state index contributed by atoms with van der Waals surface area (Å²) in [6, 6.07) is 70.4. The molecule has 0 bridgehead atoms. The molecule has 9 aromatic rings. The van der Waals surface area contributed by atoms with Gasteiger partial charge in [0.1, 0.15) is 5.84 Å². The van der Waals surface area contributed by atoms with E-state index in [1.165, 1.54) is 64.8 Å². The van der Waals surface area contributed by atoms with Crippen molar-refractivity contribution < 1.29 is 0 Å². The lowest BCUT2D eigenvalue weighted by Gasteiger charge is -2.28. The lowest BCUT2D eigenvalue weighted by molar-refractivity contribution is 0.660. The molecule has 1 unspecified atom stereocenters. The van der Waals surface area contributed by atoms with Crippen LogP contribution in [0.25, 0.3) is 48.1 Å². The van der Waals surface area contributed by atoms with E-state index in [1.54, 1.807) is 0 Å². The summed E-state index contributed by atoms with van der Waals surface area (Å²) in [5.41, 5.74) is 15.5. The number of rotatable bonds is 7. The molecule has 0 amide bonds. The maximum atomic E-state index is 5.15. The SMILES string of the molecule is CC1(C)c2ccccc2-c2ccc(N(c3ccccc3)c3cccc4sc5ccc(-c6ccc(C7=NC(c8ccccc8)=CC(c8ccccc8)N7)cc6)cc5c34)cc21. The molecule has 0 saturated heterocycles. The summed E-state index contributed by atoms with van der Waals surface area (Å²) in [5.74, 6) is 0.871. The number of anilines is 3. The third-order valence-electron chi connectivity index (χ3n) is 12.1. The highest BCUT2D eigenvalue weighted by Crippen LogP contribution is 2.52. The van der Waals surface area contributed by atoms with Crippen molar-refractivity contribution in [3.63, 3.8) is 0 Å². The van der Waals surface area contributed by atoms with Crippen LogP contribution in [-0.2, 0) is 5.41 Å². The fourth-order valence-corrected chi connectivity index (χ4v) is 10.2. The quantitative estimate of drug-likeness (QED) is 0.175. The first kappa shape index (κ1) is 35.2. The Morgan fingerprint density at radius 2 is 1.20 bits per heavy atom. The van der Waals surface area contributed by atoms with Gasteiger partial charge in [-0.3, -0.25) is 0 Å². The van der Waals surface area contributed by atoms with Crippen LogP contribution in [0.4, 0.5) is 17.1 Å². The minimum absolute atomic E-state index is 0.0112. The molecule has 1 aromatic heterocycles. The first-order valence-corrected chi connectivity index (χ1v) is 21.1. The highest BCUT2D eigenvalue weighted by Gasteiger charge is 2.36. The van der Waals surface area contributed by atoms with Crippen LogP contribution in [0.3, 0.4) is 0 Å². The topological polar surface area (TPSA) is 27.6 Å². The standard InChI is InChI=1S/C55H41N3S/c1-55(2)46-22-13-12-21-43(46)44-31-30-42(34-47(44)55)58(41-19-10-5-11-20-41)50-23-14-24-52-53(50)45-33-40(29-32-51(45)59-52)36-25-27-39(28-26-36)54-56-48(37-15-6-3-7-16-37)35-49(57-54)38-17-8-4-9-18-38/h3-35,48H,1-2H3,(H,56,57). The molecular formula is C55H41N3S. The molecule has 0 fully saturated rings. The summed E-state index contributed by atoms with van der Waals surface area (Å²) in [5, 5.41) is 6.25. The molecule has 0 saturated carbocycles. The van der Waals surface area contributed by atoms with Crippen LogP contribution in [0.15, 0.2) is 205 Å². The van der Waals surface area contributed by atoms with Crippen molar-refractivity contribution in [2.45, 2.75) is 25.3 Å². The fraction of sp³-hybridized carbons (Fsp3) is 0.0727. The van der Waals surface area contributed by atoms with E-state index >= 15 is 0 Å². The Labute approximate surface area is 349 Å². The third-order valence-corrected chi connectivity index (χ3v) is 13.3. The van der Waals surface area contributed by atoms with E-state index in [0.717, 1.165) is 34.0 Å². The molecule has 11 rings (SSSR count). The predicted octanol–water partition coefficient (Wildman–Crippen LogP) is 14.6. The summed E-state index contributed by atoms with van der Waals surface area (Å²) >= 11 is 1.86. The molecule has 2 heterocycles. The van der Waals surface area contributed by atoms with Crippen molar-refractivity contribution in [2.24, 2.45) is 4.99 Å². The van der Waals surface area contributed by atoms with Gasteiger partial charge in [-0.25, -0.2) is 4.99 Å². The van der Waals surface area contributed by atoms with E-state index in [2.05, 4.69) is 218 Å². The highest BCUT2D eigenvalue weighted by molar-refractivity contribution is 7.26. The molecule has 1 N–H and O–H groups in total. The number of amidine groups is 1. The van der Waals surface area contributed by atoms with Crippen molar-refractivity contribution in [3.05, 3.63) is 228 Å². The molecule has 3 nitrogen and oxygen atoms in total. The number of hydrogen-bond donors (Lipinski definition) is 1. The lowest BCUT2D eigenvalue weighted by atomic mass is 9.82. The van der Waals surface area contributed by atoms with Crippen molar-refractivity contribution in [2.75, 3.05) is 4.90 Å². The molecule has 2 aliphatic rings. The number of nitrogens with zero attached hydrogens (tertiary/aromatic N) is 2. The maximum Gasteiger partial charge on any atom is 0.134 e. The molecule has 4 heteroatoms. The van der Waals surface area contributed by atoms with Gasteiger partial charge in [-0.2, -0.15) is 0 Å². The van der Waals surface area contributed by atoms with Crippen LogP contribution in [-0.4, -0.2) is 5.84 Å². The Balaban J connectivity index is 0.989. The van der Waals surface area contributed by atoms with Gasteiger partial charge in [0.2, 0.25) is 0 Å². The molecule has 1 atom stereocenters. The Morgan fingerprint density at radius 3 is 2.00 bits per heavy atom. The van der Waals surface area contributed by atoms with Crippen molar-refractivity contribution >= 4 is 60.1 Å². The number of nitrogens with one attached hydrogen (secondary N) is 1. The Hall–Kier alpha value is -7.01. The van der Waals surface area contributed by atoms with Gasteiger partial charge in [0.15, 0.2) is 0 Å². The zero-order valence-electron chi connectivity index (χ0n) is 32.9. The number of para-hydroxylation sites is 1. The fourth-order valence-electron chi connectivity index (χ4n) is 9.12. The molecule has 1 aliphatic carbocycles. The molecule has 282 valence electrons. The van der Waals surface area contributed by atoms with Crippen molar-refractivity contribution in [1.82, 2.24) is 5.32 Å². The van der Waals surface area contributed by atoms with Gasteiger partial charge in [-0.1, -0.05) is 159 Å². The lowest BCUT2D eigenvalue weighted by Crippen LogP contribution is -2.31. The molecule has 59 heavy (non-hydrogen) atoms. The average Bonchev–Trinajstić information content (AvgIpc) is 3.79. The number of fused-ring (bicyclic) bond motifs is 6. The van der Waals surface area contributed by atoms with E-state index in [1.807, 2.05) is 17.4 Å². The predicted molar refractivity (Wildman–Crippen MR) is 250 cm³/mol. The van der Waals surface area contributed by atoms with Gasteiger partial charge in [0.25, 0.3) is 0 Å². The van der Waals surface area contributed by atoms with Gasteiger partial charge in [-0.15, -0.1) is 11.3 Å². The second kappa shape index (κ2) is 14.1. The first-order valence-electron chi connectivity index (χ1n) is 20.3. The van der Waals surface area contributed by atoms with Crippen LogP contribution in [0, 0.1) is 0 Å². The average molecular weight is 776 g/mol. The highest BCUT2D eigenvalue weighted by atomic mass is 32.1. The van der Waals surface area contributed by atoms with E-state index in [9.17, 15) is 0 Å². The Morgan fingerprint density at radius 1 is 0.525 bits per heavy atom. The molecule has 8 aromatic carbocycles. The monoisotopic (exact) mass is 775 g/mol. The summed E-state index contributed by atoms with van der Waals surface area (Å²) in [4.78, 5) is 7.60. The zero-order valence-corrected chi connectivity index (χ0v) is 33.7. The first-order chi connectivity index (χ1) is 29.0. The number of hydrogen-bond acceptors (Lipinski definition) is 4. The Bertz CT molecular complexity index is 3090. The zero-order chi connectivity index (χ0) is 39.5. The van der Waals surface area contributed by atoms with E-state index < -0.39 is 0 Å². The number of aliphatic imine (C=N–C) groups is 1. The summed E-state index contributed by atoms with van der Waals surface area (Å²) in [7, 11) is 0. The molecule has 1 aliphatic heterocycles. The summed E-state index contributed by atoms with van der Waals surface area (Å²) in [6.45, 7) is 4.71. The second-order valence-electron chi connectivity index (χ2n) is 16.0. The van der Waals surface area contributed by atoms with E-state index in [4.69, 9.17) is 4.99 Å². The van der Waals surface area contributed by atoms with Crippen LogP contribution < -0.4 is 10.2 Å². The largest absolute Gasteiger partial charge is 0.359 e. The number of benzene rings is 8. The smallest absolute Gasteiger partial charge is 0.134 e. The van der Waals surface area contributed by atoms with Crippen LogP contribution in [0.1, 0.15) is 47.7 Å². The second-order valence-corrected chi connectivity index (χ2v) is 17.1. The molecule has 0 radical (unpaired) electrons. The van der Waals surface area contributed by atoms with E-state index in [0.29, 0.717) is 0 Å². The number of thiophene rings is 1. The minimum atomic E-state index is -0.0973. The minimum Gasteiger partial charge on any atom is -0.359 e. The van der Waals surface area contributed by atoms with Crippen molar-refractivity contribution in [3.8, 4) is 22.3 Å². The van der Waals surface area contributed by atoms with Gasteiger partial charge in [0, 0.05) is 42.5 Å². The van der Waals surface area contributed by atoms with Crippen molar-refractivity contribution in [1.29, 1.82) is 0 Å². The Kier molecular flexibility index (Phi) is 8.42. The van der Waals surface area contributed by atoms with Crippen LogP contribution >= 0.6 is 11.3 Å². The third kappa shape index (κ3) is 6.07. The summed E-state index contributed by atoms with van der Waals surface area (Å²) < 4.78 is 2.55. The van der Waals surface area contributed by atoms with E-state index in [-0.39, 0.29) is 11.5 Å². The van der Waals surface area contributed by atoms with Gasteiger partial charge in [0.05, 0.1) is 17.4 Å². The molecule has 0 spiro atoms. The van der Waals surface area contributed by atoms with Crippen LogP contribution in [0.2, 0.25) is 0 Å². The maximum absolute atomic E-state index is 5.15. The van der Waals surface area contributed by atoms with Gasteiger partial charge < -0.3 is 10.2 Å². The summed E-state index contributed by atoms with van der Waals surface area (Å²) in [6.07, 6.45) is 2.22. The van der Waals surface area contributed by atoms with Gasteiger partial charge in [-0.05, 0) is 99.1 Å². The molecular weight excluding hydrogens is 735 g/mol. The normalized spacial score (nSPS) is 15.3.